The van der Waals surface area contributed by atoms with Crippen molar-refractivity contribution in [2.75, 3.05) is 13.2 Å². The van der Waals surface area contributed by atoms with Crippen LogP contribution in [-0.2, 0) is 11.3 Å². The highest BCUT2D eigenvalue weighted by Gasteiger charge is 2.34. The van der Waals surface area contributed by atoms with Gasteiger partial charge in [-0.05, 0) is 24.1 Å². The summed E-state index contributed by atoms with van der Waals surface area (Å²) in [6.07, 6.45) is 1.79. The summed E-state index contributed by atoms with van der Waals surface area (Å²) < 4.78 is 24.1. The minimum absolute atomic E-state index is 0. The van der Waals surface area contributed by atoms with Crippen molar-refractivity contribution in [1.29, 1.82) is 0 Å². The van der Waals surface area contributed by atoms with E-state index in [1.807, 2.05) is 30.3 Å². The highest BCUT2D eigenvalue weighted by molar-refractivity contribution is 5.85. The lowest BCUT2D eigenvalue weighted by Crippen LogP contribution is -2.54. The van der Waals surface area contributed by atoms with Gasteiger partial charge in [-0.25, -0.2) is 9.78 Å². The quantitative estimate of drug-likeness (QED) is 0.774. The van der Waals surface area contributed by atoms with Crippen molar-refractivity contribution in [3.8, 4) is 5.75 Å². The van der Waals surface area contributed by atoms with Crippen molar-refractivity contribution in [2.24, 2.45) is 0 Å². The first-order valence-electron chi connectivity index (χ1n) is 7.44. The highest BCUT2D eigenvalue weighted by atomic mass is 35.5. The Hall–Kier alpha value is -2.34. The molecule has 2 heterocycles. The number of amides is 1. The average molecular weight is 353 g/mol. The molecule has 24 heavy (non-hydrogen) atoms. The Balaban J connectivity index is 0.00000208. The summed E-state index contributed by atoms with van der Waals surface area (Å²) in [4.78, 5) is 17.2. The Morgan fingerprint density at radius 1 is 1.25 bits per heavy atom. The van der Waals surface area contributed by atoms with Crippen molar-refractivity contribution < 1.29 is 18.7 Å². The van der Waals surface area contributed by atoms with Crippen LogP contribution in [0.3, 0.4) is 0 Å². The normalized spacial score (nSPS) is 15.9. The zero-order chi connectivity index (χ0) is 16.1. The fraction of sp³-hybridized carbons (Fsp3) is 0.294. The number of carbonyl (C=O) groups excluding carboxylic acids is 1. The fourth-order valence-corrected chi connectivity index (χ4v) is 2.32. The zero-order valence-corrected chi connectivity index (χ0v) is 13.7. The van der Waals surface area contributed by atoms with E-state index in [-0.39, 0.29) is 43.5 Å². The predicted octanol–water partition coefficient (Wildman–Crippen LogP) is 3.43. The molecule has 128 valence electrons. The SMILES string of the molecule is Cl.O=C(OCc1ccccc1)N1CC[C@H]1COc1cccnc1F. The van der Waals surface area contributed by atoms with Gasteiger partial charge in [0.25, 0.3) is 5.95 Å². The first kappa shape index (κ1) is 18.0. The van der Waals surface area contributed by atoms with E-state index in [1.54, 1.807) is 11.0 Å². The largest absolute Gasteiger partial charge is 0.487 e. The third kappa shape index (κ3) is 4.35. The van der Waals surface area contributed by atoms with E-state index in [0.717, 1.165) is 12.0 Å². The molecule has 0 unspecified atom stereocenters. The van der Waals surface area contributed by atoms with Gasteiger partial charge in [0, 0.05) is 12.7 Å². The summed E-state index contributed by atoms with van der Waals surface area (Å²) in [5, 5.41) is 0. The van der Waals surface area contributed by atoms with Gasteiger partial charge >= 0.3 is 6.09 Å². The van der Waals surface area contributed by atoms with Crippen molar-refractivity contribution in [2.45, 2.75) is 19.1 Å². The van der Waals surface area contributed by atoms with Crippen LogP contribution in [0, 0.1) is 5.95 Å². The number of rotatable bonds is 5. The molecule has 0 saturated carbocycles. The second-order valence-electron chi connectivity index (χ2n) is 5.28. The molecule has 0 aliphatic carbocycles. The van der Waals surface area contributed by atoms with Crippen molar-refractivity contribution in [3.05, 3.63) is 60.2 Å². The number of likely N-dealkylation sites (tertiary alicyclic amines) is 1. The molecule has 1 aromatic carbocycles. The molecular formula is C17H18ClFN2O3. The Labute approximate surface area is 145 Å². The summed E-state index contributed by atoms with van der Waals surface area (Å²) in [7, 11) is 0. The number of ether oxygens (including phenoxy) is 2. The maximum Gasteiger partial charge on any atom is 0.410 e. The van der Waals surface area contributed by atoms with Gasteiger partial charge in [-0.3, -0.25) is 0 Å². The molecule has 1 aliphatic heterocycles. The Morgan fingerprint density at radius 3 is 2.71 bits per heavy atom. The smallest absolute Gasteiger partial charge is 0.410 e. The summed E-state index contributed by atoms with van der Waals surface area (Å²) in [6.45, 7) is 1.08. The number of benzene rings is 1. The van der Waals surface area contributed by atoms with Crippen LogP contribution in [-0.4, -0.2) is 35.2 Å². The Bertz CT molecular complexity index is 672. The first-order chi connectivity index (χ1) is 11.2. The number of hydrogen-bond acceptors (Lipinski definition) is 4. The van der Waals surface area contributed by atoms with Gasteiger partial charge in [0.1, 0.15) is 13.2 Å². The van der Waals surface area contributed by atoms with E-state index >= 15 is 0 Å². The van der Waals surface area contributed by atoms with Crippen molar-refractivity contribution >= 4 is 18.5 Å². The second-order valence-corrected chi connectivity index (χ2v) is 5.28. The molecule has 1 atom stereocenters. The molecule has 0 bridgehead atoms. The lowest BCUT2D eigenvalue weighted by molar-refractivity contribution is 0.0253. The van der Waals surface area contributed by atoms with Gasteiger partial charge in [0.2, 0.25) is 0 Å². The van der Waals surface area contributed by atoms with E-state index in [0.29, 0.717) is 6.54 Å². The molecule has 1 aliphatic rings. The number of nitrogens with zero attached hydrogens (tertiary/aromatic N) is 2. The fourth-order valence-electron chi connectivity index (χ4n) is 2.32. The molecule has 1 aromatic heterocycles. The maximum atomic E-state index is 13.4. The molecule has 5 nitrogen and oxygen atoms in total. The van der Waals surface area contributed by atoms with E-state index in [9.17, 15) is 9.18 Å². The first-order valence-corrected chi connectivity index (χ1v) is 7.44. The van der Waals surface area contributed by atoms with Crippen LogP contribution >= 0.6 is 12.4 Å². The van der Waals surface area contributed by atoms with Crippen LogP contribution in [0.15, 0.2) is 48.7 Å². The lowest BCUT2D eigenvalue weighted by Gasteiger charge is -2.39. The van der Waals surface area contributed by atoms with Gasteiger partial charge in [-0.15, -0.1) is 12.4 Å². The van der Waals surface area contributed by atoms with Crippen LogP contribution in [0.25, 0.3) is 0 Å². The number of halogens is 2. The summed E-state index contributed by atoms with van der Waals surface area (Å²) in [6, 6.07) is 12.5. The molecule has 0 spiro atoms. The third-order valence-corrected chi connectivity index (χ3v) is 3.74. The Kier molecular flexibility index (Phi) is 6.37. The van der Waals surface area contributed by atoms with E-state index in [1.165, 1.54) is 12.3 Å². The van der Waals surface area contributed by atoms with Gasteiger partial charge in [-0.1, -0.05) is 30.3 Å². The van der Waals surface area contributed by atoms with Gasteiger partial charge < -0.3 is 14.4 Å². The number of hydrogen-bond donors (Lipinski definition) is 0. The zero-order valence-electron chi connectivity index (χ0n) is 12.9. The predicted molar refractivity (Wildman–Crippen MR) is 88.7 cm³/mol. The summed E-state index contributed by atoms with van der Waals surface area (Å²) in [5.74, 6) is -0.554. The monoisotopic (exact) mass is 352 g/mol. The molecule has 0 N–H and O–H groups in total. The van der Waals surface area contributed by atoms with Crippen molar-refractivity contribution in [1.82, 2.24) is 9.88 Å². The van der Waals surface area contributed by atoms with Gasteiger partial charge in [0.05, 0.1) is 6.04 Å². The maximum absolute atomic E-state index is 13.4. The van der Waals surface area contributed by atoms with E-state index < -0.39 is 5.95 Å². The molecular weight excluding hydrogens is 335 g/mol. The average Bonchev–Trinajstić information content (AvgIpc) is 2.55. The van der Waals surface area contributed by atoms with Crippen LogP contribution in [0.4, 0.5) is 9.18 Å². The summed E-state index contributed by atoms with van der Waals surface area (Å²) >= 11 is 0. The minimum Gasteiger partial charge on any atom is -0.487 e. The molecule has 1 amide bonds. The molecule has 1 saturated heterocycles. The van der Waals surface area contributed by atoms with Crippen LogP contribution in [0.2, 0.25) is 0 Å². The van der Waals surface area contributed by atoms with Gasteiger partial charge in [0.15, 0.2) is 5.75 Å². The number of aromatic nitrogens is 1. The third-order valence-electron chi connectivity index (χ3n) is 3.74. The van der Waals surface area contributed by atoms with Crippen LogP contribution in [0.5, 0.6) is 5.75 Å². The molecule has 3 rings (SSSR count). The van der Waals surface area contributed by atoms with Crippen molar-refractivity contribution in [3.63, 3.8) is 0 Å². The number of pyridine rings is 1. The minimum atomic E-state index is -0.648. The van der Waals surface area contributed by atoms with Crippen LogP contribution < -0.4 is 4.74 Å². The van der Waals surface area contributed by atoms with Gasteiger partial charge in [-0.2, -0.15) is 4.39 Å². The molecule has 1 fully saturated rings. The van der Waals surface area contributed by atoms with E-state index in [4.69, 9.17) is 9.47 Å². The molecule has 7 heteroatoms. The number of carbonyl (C=O) groups is 1. The van der Waals surface area contributed by atoms with E-state index in [2.05, 4.69) is 4.98 Å². The standard InChI is InChI=1S/C17H17FN2O3.ClH/c18-16-15(7-4-9-19-16)22-12-14-8-10-20(14)17(21)23-11-13-5-2-1-3-6-13;/h1-7,9,14H,8,10-12H2;1H/t14-;/m0./s1. The topological polar surface area (TPSA) is 51.7 Å². The highest BCUT2D eigenvalue weighted by Crippen LogP contribution is 2.21. The summed E-state index contributed by atoms with van der Waals surface area (Å²) in [5.41, 5.74) is 0.937. The Morgan fingerprint density at radius 2 is 2.04 bits per heavy atom. The van der Waals surface area contributed by atoms with Crippen LogP contribution in [0.1, 0.15) is 12.0 Å². The molecule has 2 aromatic rings. The lowest BCUT2D eigenvalue weighted by atomic mass is 10.1. The molecule has 0 radical (unpaired) electrons. The second kappa shape index (κ2) is 8.49.